The van der Waals surface area contributed by atoms with E-state index in [1.54, 1.807) is 6.92 Å². The van der Waals surface area contributed by atoms with Crippen LogP contribution in [0.5, 0.6) is 0 Å². The maximum absolute atomic E-state index is 12.9. The molecule has 15 heavy (non-hydrogen) atoms. The van der Waals surface area contributed by atoms with E-state index in [4.69, 9.17) is 10.0 Å². The molecule has 0 aromatic rings. The van der Waals surface area contributed by atoms with Crippen LogP contribution in [0.3, 0.4) is 0 Å². The molecule has 82 valence electrons. The predicted octanol–water partition coefficient (Wildman–Crippen LogP) is 1.18. The Morgan fingerprint density at radius 3 is 2.40 bits per heavy atom. The second-order valence-corrected chi connectivity index (χ2v) is 3.58. The monoisotopic (exact) mass is 215 g/mol. The molecule has 1 unspecified atom stereocenters. The van der Waals surface area contributed by atoms with Gasteiger partial charge in [-0.25, -0.2) is 0 Å². The Morgan fingerprint density at radius 1 is 1.60 bits per heavy atom. The quantitative estimate of drug-likeness (QED) is 0.546. The molecule has 1 aliphatic carbocycles. The van der Waals surface area contributed by atoms with E-state index in [0.29, 0.717) is 11.0 Å². The molecule has 0 bridgehead atoms. The van der Waals surface area contributed by atoms with Crippen LogP contribution in [0.2, 0.25) is 0 Å². The highest BCUT2D eigenvalue weighted by molar-refractivity contribution is 6.53. The molecule has 0 aromatic heterocycles. The summed E-state index contributed by atoms with van der Waals surface area (Å²) in [5, 5.41) is 17.7. The highest BCUT2D eigenvalue weighted by Crippen LogP contribution is 2.42. The molecule has 0 radical (unpaired) electrons. The Hall–Kier alpha value is -1.01. The van der Waals surface area contributed by atoms with Crippen LogP contribution < -0.4 is 0 Å². The first-order valence-corrected chi connectivity index (χ1v) is 4.45. The van der Waals surface area contributed by atoms with Crippen LogP contribution in [0.4, 0.5) is 8.78 Å². The van der Waals surface area contributed by atoms with Gasteiger partial charge in [-0.2, -0.15) is 8.78 Å². The topological polar surface area (TPSA) is 52.8 Å². The fraction of sp³-hybridized carbons (Fsp3) is 0.444. The summed E-state index contributed by atoms with van der Waals surface area (Å²) in [4.78, 5) is 3.23. The minimum Gasteiger partial charge on any atom is -0.423 e. The number of rotatable bonds is 4. The van der Waals surface area contributed by atoms with E-state index in [9.17, 15) is 8.78 Å². The molecular weight excluding hydrogens is 203 g/mol. The number of alkyl halides is 2. The first kappa shape index (κ1) is 12.1. The predicted molar refractivity (Wildman–Crippen MR) is 54.6 cm³/mol. The lowest BCUT2D eigenvalue weighted by atomic mass is 9.85. The molecule has 1 rings (SSSR count). The van der Waals surface area contributed by atoms with Crippen LogP contribution >= 0.6 is 0 Å². The lowest BCUT2D eigenvalue weighted by Gasteiger charge is -2.09. The average Bonchev–Trinajstić information content (AvgIpc) is 2.70. The first-order chi connectivity index (χ1) is 6.79. The number of halogens is 2. The van der Waals surface area contributed by atoms with E-state index >= 15 is 0 Å². The smallest absolute Gasteiger partial charge is 0.423 e. The maximum atomic E-state index is 12.9. The van der Waals surface area contributed by atoms with Crippen molar-refractivity contribution in [2.75, 3.05) is 0 Å². The largest absolute Gasteiger partial charge is 0.485 e. The third kappa shape index (κ3) is 2.51. The Balaban J connectivity index is 2.93. The molecule has 0 aliphatic heterocycles. The first-order valence-electron chi connectivity index (χ1n) is 4.45. The third-order valence-corrected chi connectivity index (χ3v) is 2.37. The second kappa shape index (κ2) is 3.86. The fourth-order valence-electron chi connectivity index (χ4n) is 1.42. The Bertz CT molecular complexity index is 345. The van der Waals surface area contributed by atoms with E-state index in [1.165, 1.54) is 0 Å². The zero-order valence-electron chi connectivity index (χ0n) is 8.54. The summed E-state index contributed by atoms with van der Waals surface area (Å²) in [5.74, 6) is -3.24. The molecule has 0 amide bonds. The van der Waals surface area contributed by atoms with Crippen molar-refractivity contribution in [3.8, 4) is 0 Å². The van der Waals surface area contributed by atoms with Crippen LogP contribution in [-0.4, -0.2) is 29.8 Å². The number of hydrogen-bond acceptors (Lipinski definition) is 3. The van der Waals surface area contributed by atoms with Crippen LogP contribution in [0.25, 0.3) is 0 Å². The van der Waals surface area contributed by atoms with Gasteiger partial charge in [-0.05, 0) is 29.8 Å². The van der Waals surface area contributed by atoms with E-state index in [1.807, 2.05) is 0 Å². The van der Waals surface area contributed by atoms with Crippen molar-refractivity contribution in [3.63, 3.8) is 0 Å². The summed E-state index contributed by atoms with van der Waals surface area (Å²) in [7, 11) is -1.58. The standard InChI is InChI=1S/C9H12BF2NO2/c1-5-6(8(5)10(14)15)4-7(13-3)9(2,11)12/h4-5,14-15H,3H2,1-2H3/b7-4-. The van der Waals surface area contributed by atoms with Crippen LogP contribution in [0.15, 0.2) is 27.8 Å². The molecule has 0 spiro atoms. The zero-order valence-corrected chi connectivity index (χ0v) is 8.54. The molecule has 0 fully saturated rings. The molecule has 0 aromatic carbocycles. The van der Waals surface area contributed by atoms with Crippen molar-refractivity contribution < 1.29 is 18.8 Å². The Morgan fingerprint density at radius 2 is 2.13 bits per heavy atom. The minimum atomic E-state index is -3.07. The van der Waals surface area contributed by atoms with Gasteiger partial charge in [0.05, 0.1) is 0 Å². The molecule has 1 atom stereocenters. The average molecular weight is 215 g/mol. The van der Waals surface area contributed by atoms with E-state index in [-0.39, 0.29) is 5.92 Å². The van der Waals surface area contributed by atoms with Crippen molar-refractivity contribution in [1.29, 1.82) is 0 Å². The Labute approximate surface area is 87.0 Å². The maximum Gasteiger partial charge on any atom is 0.485 e. The molecule has 1 aliphatic rings. The van der Waals surface area contributed by atoms with Gasteiger partial charge in [0.2, 0.25) is 0 Å². The van der Waals surface area contributed by atoms with Gasteiger partial charge >= 0.3 is 7.12 Å². The SMILES string of the molecule is C=N/C(=C\C1=C(B(O)O)C1C)C(C)(F)F. The summed E-state index contributed by atoms with van der Waals surface area (Å²) in [6, 6.07) is 0. The van der Waals surface area contributed by atoms with E-state index in [2.05, 4.69) is 11.7 Å². The van der Waals surface area contributed by atoms with Crippen LogP contribution in [0.1, 0.15) is 13.8 Å². The van der Waals surface area contributed by atoms with E-state index < -0.39 is 18.7 Å². The van der Waals surface area contributed by atoms with Crippen molar-refractivity contribution in [3.05, 3.63) is 22.8 Å². The normalized spacial score (nSPS) is 21.7. The zero-order chi connectivity index (χ0) is 11.8. The lowest BCUT2D eigenvalue weighted by molar-refractivity contribution is 0.0622. The van der Waals surface area contributed by atoms with Crippen molar-refractivity contribution in [2.45, 2.75) is 19.8 Å². The molecule has 0 saturated carbocycles. The molecule has 0 saturated heterocycles. The van der Waals surface area contributed by atoms with Gasteiger partial charge in [0.15, 0.2) is 0 Å². The summed E-state index contributed by atoms with van der Waals surface area (Å²) in [5.41, 5.74) is 0.398. The molecule has 0 heterocycles. The van der Waals surface area contributed by atoms with Gasteiger partial charge in [0.25, 0.3) is 5.92 Å². The van der Waals surface area contributed by atoms with Crippen molar-refractivity contribution >= 4 is 13.8 Å². The number of hydrogen-bond donors (Lipinski definition) is 2. The van der Waals surface area contributed by atoms with Gasteiger partial charge in [0.1, 0.15) is 5.70 Å². The summed E-state index contributed by atoms with van der Waals surface area (Å²) < 4.78 is 25.8. The highest BCUT2D eigenvalue weighted by atomic mass is 19.3. The molecule has 2 N–H and O–H groups in total. The Kier molecular flexibility index (Phi) is 3.11. The van der Waals surface area contributed by atoms with Gasteiger partial charge < -0.3 is 10.0 Å². The van der Waals surface area contributed by atoms with Gasteiger partial charge in [-0.1, -0.05) is 6.92 Å². The summed E-state index contributed by atoms with van der Waals surface area (Å²) >= 11 is 0. The highest BCUT2D eigenvalue weighted by Gasteiger charge is 2.40. The van der Waals surface area contributed by atoms with Crippen LogP contribution in [0, 0.1) is 5.92 Å². The summed E-state index contributed by atoms with van der Waals surface area (Å²) in [6.07, 6.45) is 1.16. The number of allylic oxidation sites excluding steroid dienone is 4. The number of aliphatic imine (C=N–C) groups is 1. The second-order valence-electron chi connectivity index (χ2n) is 3.58. The number of nitrogens with zero attached hydrogens (tertiary/aromatic N) is 1. The molecule has 3 nitrogen and oxygen atoms in total. The summed E-state index contributed by atoms with van der Waals surface area (Å²) in [6.45, 7) is 5.48. The van der Waals surface area contributed by atoms with Crippen molar-refractivity contribution in [2.24, 2.45) is 10.9 Å². The third-order valence-electron chi connectivity index (χ3n) is 2.37. The van der Waals surface area contributed by atoms with E-state index in [0.717, 1.165) is 13.0 Å². The van der Waals surface area contributed by atoms with Gasteiger partial charge in [0, 0.05) is 6.92 Å². The molecular formula is C9H12BF2NO2. The van der Waals surface area contributed by atoms with Gasteiger partial charge in [-0.3, -0.25) is 4.99 Å². The lowest BCUT2D eigenvalue weighted by Crippen LogP contribution is -2.11. The van der Waals surface area contributed by atoms with Crippen molar-refractivity contribution in [1.82, 2.24) is 0 Å². The molecule has 6 heteroatoms. The minimum absolute atomic E-state index is 0.177. The van der Waals surface area contributed by atoms with Gasteiger partial charge in [-0.15, -0.1) is 0 Å². The fourth-order valence-corrected chi connectivity index (χ4v) is 1.42. The van der Waals surface area contributed by atoms with Crippen LogP contribution in [-0.2, 0) is 0 Å².